The smallest absolute Gasteiger partial charge is 0.344 e. The first kappa shape index (κ1) is 15.8. The van der Waals surface area contributed by atoms with Crippen molar-refractivity contribution in [2.45, 2.75) is 6.92 Å². The number of methoxy groups -OCH3 is 3. The summed E-state index contributed by atoms with van der Waals surface area (Å²) in [7, 11) is 4.48. The molecule has 0 saturated carbocycles. The van der Waals surface area contributed by atoms with Gasteiger partial charge in [-0.25, -0.2) is 9.78 Å². The minimum Gasteiger partial charge on any atom is -0.497 e. The molecule has 2 heterocycles. The number of ether oxygens (including phenoxy) is 3. The Morgan fingerprint density at radius 3 is 2.54 bits per heavy atom. The largest absolute Gasteiger partial charge is 0.497 e. The van der Waals surface area contributed by atoms with Crippen LogP contribution in [0.25, 0.3) is 22.1 Å². The topological polar surface area (TPSA) is 83.7 Å². The van der Waals surface area contributed by atoms with Gasteiger partial charge in [-0.3, -0.25) is 0 Å². The minimum atomic E-state index is -0.500. The zero-order valence-electron chi connectivity index (χ0n) is 13.7. The van der Waals surface area contributed by atoms with Gasteiger partial charge in [0.15, 0.2) is 0 Å². The van der Waals surface area contributed by atoms with Crippen molar-refractivity contribution in [1.29, 1.82) is 0 Å². The van der Waals surface area contributed by atoms with Crippen molar-refractivity contribution in [2.75, 3.05) is 21.3 Å². The maximum atomic E-state index is 12.5. The maximum Gasteiger partial charge on any atom is 0.344 e. The lowest BCUT2D eigenvalue weighted by Crippen LogP contribution is -2.08. The van der Waals surface area contributed by atoms with Crippen LogP contribution in [0, 0.1) is 6.92 Å². The molecule has 0 aliphatic rings. The molecular weight excluding hydrogens is 312 g/mol. The van der Waals surface area contributed by atoms with Gasteiger partial charge >= 0.3 is 11.6 Å². The second kappa shape index (κ2) is 6.19. The number of fused-ring (bicyclic) bond motifs is 1. The number of aryl methyl sites for hydroxylation is 1. The van der Waals surface area contributed by atoms with Gasteiger partial charge in [0.1, 0.15) is 11.3 Å². The van der Waals surface area contributed by atoms with Crippen LogP contribution in [0.15, 0.2) is 33.6 Å². The molecule has 2 aromatic heterocycles. The van der Waals surface area contributed by atoms with E-state index in [1.807, 2.05) is 13.0 Å². The molecule has 3 rings (SSSR count). The number of benzene rings is 1. The van der Waals surface area contributed by atoms with E-state index in [-0.39, 0.29) is 11.9 Å². The lowest BCUT2D eigenvalue weighted by atomic mass is 10.0. The van der Waals surface area contributed by atoms with Crippen molar-refractivity contribution < 1.29 is 18.6 Å². The predicted molar refractivity (Wildman–Crippen MR) is 87.9 cm³/mol. The summed E-state index contributed by atoms with van der Waals surface area (Å²) in [6.07, 6.45) is 1.49. The summed E-state index contributed by atoms with van der Waals surface area (Å²) in [5.74, 6) is 0.855. The van der Waals surface area contributed by atoms with Crippen LogP contribution in [0.2, 0.25) is 0 Å². The van der Waals surface area contributed by atoms with Crippen molar-refractivity contribution in [3.63, 3.8) is 0 Å². The number of rotatable bonds is 4. The molecule has 24 heavy (non-hydrogen) atoms. The number of nitrogens with zero attached hydrogens (tertiary/aromatic N) is 2. The van der Waals surface area contributed by atoms with Crippen LogP contribution in [-0.4, -0.2) is 31.3 Å². The van der Waals surface area contributed by atoms with E-state index in [1.165, 1.54) is 20.4 Å². The Kier molecular flexibility index (Phi) is 4.07. The highest BCUT2D eigenvalue weighted by Gasteiger charge is 2.19. The molecule has 0 atom stereocenters. The maximum absolute atomic E-state index is 12.5. The Labute approximate surface area is 137 Å². The molecule has 0 aliphatic carbocycles. The molecular formula is C17H16N2O5. The molecule has 0 saturated heterocycles. The first-order valence-corrected chi connectivity index (χ1v) is 7.16. The highest BCUT2D eigenvalue weighted by molar-refractivity contribution is 5.88. The van der Waals surface area contributed by atoms with E-state index in [2.05, 4.69) is 9.97 Å². The fourth-order valence-electron chi connectivity index (χ4n) is 2.55. The van der Waals surface area contributed by atoms with E-state index in [0.717, 1.165) is 10.9 Å². The van der Waals surface area contributed by atoms with Gasteiger partial charge in [-0.1, -0.05) is 0 Å². The fourth-order valence-corrected chi connectivity index (χ4v) is 2.55. The zero-order valence-corrected chi connectivity index (χ0v) is 13.7. The lowest BCUT2D eigenvalue weighted by Gasteiger charge is -2.11. The summed E-state index contributed by atoms with van der Waals surface area (Å²) < 4.78 is 20.9. The molecule has 0 amide bonds. The van der Waals surface area contributed by atoms with Gasteiger partial charge in [-0.15, -0.1) is 0 Å². The van der Waals surface area contributed by atoms with Crippen molar-refractivity contribution in [1.82, 2.24) is 9.97 Å². The Morgan fingerprint density at radius 1 is 1.08 bits per heavy atom. The summed E-state index contributed by atoms with van der Waals surface area (Å²) in [4.78, 5) is 20.7. The molecule has 0 aliphatic heterocycles. The van der Waals surface area contributed by atoms with Gasteiger partial charge < -0.3 is 18.6 Å². The van der Waals surface area contributed by atoms with Crippen molar-refractivity contribution in [3.05, 3.63) is 40.4 Å². The Hall–Kier alpha value is -3.09. The van der Waals surface area contributed by atoms with E-state index in [4.69, 9.17) is 18.6 Å². The molecule has 124 valence electrons. The Balaban J connectivity index is 2.29. The molecule has 0 fully saturated rings. The average molecular weight is 328 g/mol. The van der Waals surface area contributed by atoms with Crippen molar-refractivity contribution in [3.8, 4) is 28.8 Å². The van der Waals surface area contributed by atoms with Gasteiger partial charge in [0.2, 0.25) is 5.88 Å². The van der Waals surface area contributed by atoms with Gasteiger partial charge in [-0.05, 0) is 24.6 Å². The Morgan fingerprint density at radius 2 is 1.88 bits per heavy atom. The molecule has 7 heteroatoms. The summed E-state index contributed by atoms with van der Waals surface area (Å²) in [6.45, 7) is 1.84. The summed E-state index contributed by atoms with van der Waals surface area (Å²) >= 11 is 0. The summed E-state index contributed by atoms with van der Waals surface area (Å²) in [5, 5.41) is 0.795. The molecule has 0 N–H and O–H groups in total. The van der Waals surface area contributed by atoms with E-state index in [9.17, 15) is 4.79 Å². The highest BCUT2D eigenvalue weighted by Crippen LogP contribution is 2.33. The minimum absolute atomic E-state index is 0.156. The van der Waals surface area contributed by atoms with E-state index in [0.29, 0.717) is 22.5 Å². The van der Waals surface area contributed by atoms with Gasteiger partial charge in [0.25, 0.3) is 0 Å². The Bertz CT molecular complexity index is 965. The third kappa shape index (κ3) is 2.54. The van der Waals surface area contributed by atoms with Gasteiger partial charge in [-0.2, -0.15) is 4.98 Å². The van der Waals surface area contributed by atoms with Crippen molar-refractivity contribution >= 4 is 11.0 Å². The molecule has 3 aromatic rings. The van der Waals surface area contributed by atoms with Crippen LogP contribution >= 0.6 is 0 Å². The molecule has 0 radical (unpaired) electrons. The second-order valence-corrected chi connectivity index (χ2v) is 5.03. The van der Waals surface area contributed by atoms with Crippen molar-refractivity contribution in [2.24, 2.45) is 0 Å². The molecule has 0 unspecified atom stereocenters. The summed E-state index contributed by atoms with van der Waals surface area (Å²) in [6, 6.07) is 5.48. The van der Waals surface area contributed by atoms with Crippen LogP contribution < -0.4 is 19.8 Å². The first-order chi connectivity index (χ1) is 11.6. The van der Waals surface area contributed by atoms with Crippen LogP contribution in [0.4, 0.5) is 0 Å². The zero-order chi connectivity index (χ0) is 17.3. The number of aromatic nitrogens is 2. The lowest BCUT2D eigenvalue weighted by molar-refractivity contribution is 0.353. The van der Waals surface area contributed by atoms with Crippen LogP contribution in [0.5, 0.6) is 17.6 Å². The van der Waals surface area contributed by atoms with Crippen LogP contribution in [-0.2, 0) is 0 Å². The fraction of sp³-hybridized carbons (Fsp3) is 0.235. The first-order valence-electron chi connectivity index (χ1n) is 7.16. The highest BCUT2D eigenvalue weighted by atomic mass is 16.5. The number of hydrogen-bond acceptors (Lipinski definition) is 7. The second-order valence-electron chi connectivity index (χ2n) is 5.03. The van der Waals surface area contributed by atoms with Gasteiger partial charge in [0, 0.05) is 17.6 Å². The molecule has 7 nitrogen and oxygen atoms in total. The van der Waals surface area contributed by atoms with Crippen LogP contribution in [0.1, 0.15) is 5.56 Å². The molecule has 0 spiro atoms. The summed E-state index contributed by atoms with van der Waals surface area (Å²) in [5.41, 5.74) is 1.50. The standard InChI is InChI=1S/C17H16N2O5/c1-9-11-6-5-10(21-2)7-13(11)24-16(20)14(9)12-8-18-17(23-4)19-15(12)22-3/h5-8H,1-4H3. The van der Waals surface area contributed by atoms with Crippen LogP contribution in [0.3, 0.4) is 0 Å². The van der Waals surface area contributed by atoms with E-state index >= 15 is 0 Å². The molecule has 1 aromatic carbocycles. The van der Waals surface area contributed by atoms with Gasteiger partial charge in [0.05, 0.1) is 32.5 Å². The van der Waals surface area contributed by atoms with E-state index in [1.54, 1.807) is 19.2 Å². The average Bonchev–Trinajstić information content (AvgIpc) is 2.61. The number of hydrogen-bond donors (Lipinski definition) is 0. The molecule has 0 bridgehead atoms. The normalized spacial score (nSPS) is 10.7. The van der Waals surface area contributed by atoms with E-state index < -0.39 is 5.63 Å². The quantitative estimate of drug-likeness (QED) is 0.681. The monoisotopic (exact) mass is 328 g/mol. The predicted octanol–water partition coefficient (Wildman–Crippen LogP) is 2.58. The SMILES string of the molecule is COc1ccc2c(C)c(-c3cnc(OC)nc3OC)c(=O)oc2c1. The third-order valence-corrected chi connectivity index (χ3v) is 3.75. The third-order valence-electron chi connectivity index (χ3n) is 3.75.